The van der Waals surface area contributed by atoms with Gasteiger partial charge in [-0.1, -0.05) is 32.9 Å². The largest absolute Gasteiger partial charge is 0.497 e. The molecule has 0 saturated heterocycles. The van der Waals surface area contributed by atoms with E-state index in [1.807, 2.05) is 24.3 Å². The van der Waals surface area contributed by atoms with Gasteiger partial charge < -0.3 is 4.74 Å². The van der Waals surface area contributed by atoms with Gasteiger partial charge in [0.1, 0.15) is 5.75 Å². The van der Waals surface area contributed by atoms with Crippen LogP contribution in [0.15, 0.2) is 29.8 Å². The summed E-state index contributed by atoms with van der Waals surface area (Å²) in [5.41, 5.74) is 2.06. The second-order valence-electron chi connectivity index (χ2n) is 6.07. The standard InChI is InChI=1S/C18H24O2/c1-12(2)16-10-5-13(3)17(18(16)19)11-14-6-8-15(20-4)9-7-14/h6-9,11-13,16H,5,10H2,1-4H3/b17-11+/t13-,16-/m1/s1. The minimum atomic E-state index is 0.190. The summed E-state index contributed by atoms with van der Waals surface area (Å²) in [6.45, 7) is 6.44. The Morgan fingerprint density at radius 2 is 1.85 bits per heavy atom. The van der Waals surface area contributed by atoms with Gasteiger partial charge in [0.25, 0.3) is 0 Å². The number of hydrogen-bond donors (Lipinski definition) is 0. The summed E-state index contributed by atoms with van der Waals surface area (Å²) in [5.74, 6) is 2.16. The van der Waals surface area contributed by atoms with Crippen molar-refractivity contribution in [1.82, 2.24) is 0 Å². The molecular weight excluding hydrogens is 248 g/mol. The fourth-order valence-corrected chi connectivity index (χ4v) is 2.90. The molecule has 2 nitrogen and oxygen atoms in total. The highest BCUT2D eigenvalue weighted by Gasteiger charge is 2.32. The monoisotopic (exact) mass is 272 g/mol. The van der Waals surface area contributed by atoms with Crippen LogP contribution in [0.4, 0.5) is 0 Å². The summed E-state index contributed by atoms with van der Waals surface area (Å²) in [4.78, 5) is 12.6. The number of carbonyl (C=O) groups is 1. The van der Waals surface area contributed by atoms with Crippen molar-refractivity contribution in [2.24, 2.45) is 17.8 Å². The van der Waals surface area contributed by atoms with Crippen LogP contribution < -0.4 is 4.74 Å². The van der Waals surface area contributed by atoms with Crippen LogP contribution in [0.5, 0.6) is 5.75 Å². The molecule has 2 atom stereocenters. The van der Waals surface area contributed by atoms with Crippen LogP contribution in [0.1, 0.15) is 39.2 Å². The normalized spacial score (nSPS) is 25.2. The molecule has 0 bridgehead atoms. The van der Waals surface area contributed by atoms with Gasteiger partial charge in [0.15, 0.2) is 5.78 Å². The first kappa shape index (κ1) is 14.8. The van der Waals surface area contributed by atoms with Crippen LogP contribution >= 0.6 is 0 Å². The number of ether oxygens (including phenoxy) is 1. The average molecular weight is 272 g/mol. The molecule has 2 rings (SSSR count). The van der Waals surface area contributed by atoms with E-state index in [0.29, 0.717) is 17.6 Å². The van der Waals surface area contributed by atoms with Crippen LogP contribution in [0.2, 0.25) is 0 Å². The average Bonchev–Trinajstić information content (AvgIpc) is 2.43. The zero-order valence-corrected chi connectivity index (χ0v) is 12.8. The second-order valence-corrected chi connectivity index (χ2v) is 6.07. The van der Waals surface area contributed by atoms with Crippen molar-refractivity contribution in [2.75, 3.05) is 7.11 Å². The number of hydrogen-bond acceptors (Lipinski definition) is 2. The fraction of sp³-hybridized carbons (Fsp3) is 0.500. The Morgan fingerprint density at radius 1 is 1.20 bits per heavy atom. The third kappa shape index (κ3) is 3.12. The van der Waals surface area contributed by atoms with E-state index in [2.05, 4.69) is 26.8 Å². The van der Waals surface area contributed by atoms with Gasteiger partial charge >= 0.3 is 0 Å². The minimum absolute atomic E-state index is 0.190. The predicted octanol–water partition coefficient (Wildman–Crippen LogP) is 4.35. The maximum Gasteiger partial charge on any atom is 0.162 e. The molecule has 20 heavy (non-hydrogen) atoms. The Morgan fingerprint density at radius 3 is 2.40 bits per heavy atom. The zero-order valence-electron chi connectivity index (χ0n) is 12.8. The lowest BCUT2D eigenvalue weighted by molar-refractivity contribution is -0.122. The van der Waals surface area contributed by atoms with Gasteiger partial charge in [-0.15, -0.1) is 0 Å². The van der Waals surface area contributed by atoms with Crippen molar-refractivity contribution in [3.63, 3.8) is 0 Å². The lowest BCUT2D eigenvalue weighted by atomic mass is 9.73. The Hall–Kier alpha value is -1.57. The van der Waals surface area contributed by atoms with E-state index in [1.165, 1.54) is 0 Å². The van der Waals surface area contributed by atoms with Crippen LogP contribution in [0.25, 0.3) is 6.08 Å². The van der Waals surface area contributed by atoms with E-state index >= 15 is 0 Å². The number of benzene rings is 1. The molecule has 0 aromatic heterocycles. The Kier molecular flexibility index (Phi) is 4.64. The molecule has 1 aliphatic carbocycles. The molecule has 108 valence electrons. The summed E-state index contributed by atoms with van der Waals surface area (Å²) in [6, 6.07) is 7.88. The number of Topliss-reactive ketones (excluding diaryl/α,β-unsaturated/α-hetero) is 1. The Labute approximate surface area is 121 Å². The predicted molar refractivity (Wildman–Crippen MR) is 82.7 cm³/mol. The van der Waals surface area contributed by atoms with Crippen molar-refractivity contribution in [1.29, 1.82) is 0 Å². The maximum absolute atomic E-state index is 12.6. The highest BCUT2D eigenvalue weighted by Crippen LogP contribution is 2.35. The minimum Gasteiger partial charge on any atom is -0.497 e. The van der Waals surface area contributed by atoms with Gasteiger partial charge in [-0.2, -0.15) is 0 Å². The molecule has 0 amide bonds. The number of methoxy groups -OCH3 is 1. The van der Waals surface area contributed by atoms with E-state index < -0.39 is 0 Å². The topological polar surface area (TPSA) is 26.3 Å². The number of carbonyl (C=O) groups excluding carboxylic acids is 1. The summed E-state index contributed by atoms with van der Waals surface area (Å²) in [7, 11) is 1.66. The quantitative estimate of drug-likeness (QED) is 0.765. The molecule has 2 heteroatoms. The zero-order chi connectivity index (χ0) is 14.7. The SMILES string of the molecule is COc1ccc(/C=C2/C(=O)[C@@H](C(C)C)CC[C@H]2C)cc1. The molecule has 1 saturated carbocycles. The van der Waals surface area contributed by atoms with E-state index in [1.54, 1.807) is 7.11 Å². The molecule has 0 radical (unpaired) electrons. The smallest absolute Gasteiger partial charge is 0.162 e. The third-order valence-corrected chi connectivity index (χ3v) is 4.31. The lowest BCUT2D eigenvalue weighted by Crippen LogP contribution is -2.30. The van der Waals surface area contributed by atoms with Gasteiger partial charge in [0, 0.05) is 5.92 Å². The lowest BCUT2D eigenvalue weighted by Gasteiger charge is -2.30. The summed E-state index contributed by atoms with van der Waals surface area (Å²) in [5, 5.41) is 0. The van der Waals surface area contributed by atoms with Crippen LogP contribution in [0, 0.1) is 17.8 Å². The molecule has 0 N–H and O–H groups in total. The summed E-state index contributed by atoms with van der Waals surface area (Å²) < 4.78 is 5.16. The van der Waals surface area contributed by atoms with Gasteiger partial charge in [-0.05, 0) is 54.0 Å². The summed E-state index contributed by atoms with van der Waals surface area (Å²) >= 11 is 0. The first-order chi connectivity index (χ1) is 9.52. The van der Waals surface area contributed by atoms with Crippen LogP contribution in [-0.2, 0) is 4.79 Å². The second kappa shape index (κ2) is 6.25. The van der Waals surface area contributed by atoms with E-state index in [4.69, 9.17) is 4.74 Å². The fourth-order valence-electron chi connectivity index (χ4n) is 2.90. The van der Waals surface area contributed by atoms with Gasteiger partial charge in [-0.3, -0.25) is 4.79 Å². The van der Waals surface area contributed by atoms with Gasteiger partial charge in [-0.25, -0.2) is 0 Å². The molecule has 0 heterocycles. The number of ketones is 1. The molecule has 1 fully saturated rings. The third-order valence-electron chi connectivity index (χ3n) is 4.31. The van der Waals surface area contributed by atoms with Crippen LogP contribution in [-0.4, -0.2) is 12.9 Å². The first-order valence-electron chi connectivity index (χ1n) is 7.42. The first-order valence-corrected chi connectivity index (χ1v) is 7.42. The highest BCUT2D eigenvalue weighted by atomic mass is 16.5. The Bertz CT molecular complexity index is 497. The molecule has 1 aromatic rings. The van der Waals surface area contributed by atoms with Gasteiger partial charge in [0.05, 0.1) is 7.11 Å². The van der Waals surface area contributed by atoms with E-state index in [0.717, 1.165) is 29.7 Å². The van der Waals surface area contributed by atoms with Crippen molar-refractivity contribution in [2.45, 2.75) is 33.6 Å². The van der Waals surface area contributed by atoms with E-state index in [-0.39, 0.29) is 5.92 Å². The molecule has 1 aromatic carbocycles. The van der Waals surface area contributed by atoms with Crippen molar-refractivity contribution >= 4 is 11.9 Å². The molecule has 0 unspecified atom stereocenters. The van der Waals surface area contributed by atoms with Crippen molar-refractivity contribution in [3.8, 4) is 5.75 Å². The summed E-state index contributed by atoms with van der Waals surface area (Å²) in [6.07, 6.45) is 4.19. The molecule has 1 aliphatic rings. The van der Waals surface area contributed by atoms with Crippen molar-refractivity contribution < 1.29 is 9.53 Å². The van der Waals surface area contributed by atoms with E-state index in [9.17, 15) is 4.79 Å². The van der Waals surface area contributed by atoms with Crippen LogP contribution in [0.3, 0.4) is 0 Å². The number of allylic oxidation sites excluding steroid dienone is 1. The van der Waals surface area contributed by atoms with Gasteiger partial charge in [0.2, 0.25) is 0 Å². The van der Waals surface area contributed by atoms with Crippen molar-refractivity contribution in [3.05, 3.63) is 35.4 Å². The highest BCUT2D eigenvalue weighted by molar-refractivity contribution is 6.02. The maximum atomic E-state index is 12.6. The molecular formula is C18H24O2. The number of rotatable bonds is 3. The molecule has 0 spiro atoms. The Balaban J connectivity index is 2.27. The molecule has 0 aliphatic heterocycles.